The quantitative estimate of drug-likeness (QED) is 0.508. The Labute approximate surface area is 75.1 Å². The van der Waals surface area contributed by atoms with Gasteiger partial charge in [0.15, 0.2) is 0 Å². The molecule has 66 valence electrons. The molecule has 1 aliphatic rings. The molecule has 0 radical (unpaired) electrons. The molecule has 13 heavy (non-hydrogen) atoms. The Balaban J connectivity index is 2.20. The van der Waals surface area contributed by atoms with Gasteiger partial charge < -0.3 is 0 Å². The fourth-order valence-electron chi connectivity index (χ4n) is 1.44. The van der Waals surface area contributed by atoms with Crippen LogP contribution in [0.5, 0.6) is 0 Å². The van der Waals surface area contributed by atoms with E-state index in [9.17, 15) is 9.70 Å². The first-order chi connectivity index (χ1) is 6.33. The Bertz CT molecular complexity index is 337. The number of hydrogen-bond acceptors (Lipinski definition) is 3. The molecule has 1 aromatic carbocycles. The zero-order valence-electron chi connectivity index (χ0n) is 6.88. The highest BCUT2D eigenvalue weighted by Crippen LogP contribution is 2.33. The first kappa shape index (κ1) is 7.91. The summed E-state index contributed by atoms with van der Waals surface area (Å²) in [4.78, 5) is 21.1. The molecule has 2 rings (SSSR count). The number of carbonyl (C=O) groups is 1. The van der Waals surface area contributed by atoms with Gasteiger partial charge in [0.2, 0.25) is 5.91 Å². The van der Waals surface area contributed by atoms with E-state index in [0.717, 1.165) is 10.6 Å². The van der Waals surface area contributed by atoms with Gasteiger partial charge in [0.1, 0.15) is 0 Å². The lowest BCUT2D eigenvalue weighted by Crippen LogP contribution is -2.42. The van der Waals surface area contributed by atoms with Crippen LogP contribution in [0.25, 0.3) is 0 Å². The second kappa shape index (κ2) is 2.97. The number of amides is 1. The first-order valence-corrected chi connectivity index (χ1v) is 4.03. The minimum Gasteiger partial charge on any atom is -0.273 e. The Kier molecular flexibility index (Phi) is 1.81. The SMILES string of the molecule is O=NN1C(=O)CC1c1ccccc1. The van der Waals surface area contributed by atoms with Crippen molar-refractivity contribution in [1.29, 1.82) is 0 Å². The highest BCUT2D eigenvalue weighted by atomic mass is 16.3. The number of hydrogen-bond donors (Lipinski definition) is 0. The minimum absolute atomic E-state index is 0.147. The lowest BCUT2D eigenvalue weighted by Gasteiger charge is -2.33. The van der Waals surface area contributed by atoms with Crippen molar-refractivity contribution in [2.75, 3.05) is 0 Å². The maximum atomic E-state index is 10.9. The number of benzene rings is 1. The largest absolute Gasteiger partial charge is 0.273 e. The summed E-state index contributed by atoms with van der Waals surface area (Å²) in [6.07, 6.45) is 0.385. The van der Waals surface area contributed by atoms with Gasteiger partial charge in [-0.2, -0.15) is 5.01 Å². The van der Waals surface area contributed by atoms with Crippen molar-refractivity contribution >= 4 is 5.91 Å². The third-order valence-corrected chi connectivity index (χ3v) is 2.19. The molecule has 1 unspecified atom stereocenters. The third-order valence-electron chi connectivity index (χ3n) is 2.19. The zero-order valence-corrected chi connectivity index (χ0v) is 6.88. The van der Waals surface area contributed by atoms with Crippen molar-refractivity contribution in [3.63, 3.8) is 0 Å². The van der Waals surface area contributed by atoms with E-state index in [4.69, 9.17) is 0 Å². The minimum atomic E-state index is -0.205. The van der Waals surface area contributed by atoms with Gasteiger partial charge in [-0.3, -0.25) is 4.79 Å². The van der Waals surface area contributed by atoms with Gasteiger partial charge in [0.25, 0.3) is 0 Å². The summed E-state index contributed by atoms with van der Waals surface area (Å²) in [5.41, 5.74) is 0.960. The molecule has 1 heterocycles. The van der Waals surface area contributed by atoms with E-state index in [1.807, 2.05) is 30.3 Å². The van der Waals surface area contributed by atoms with Gasteiger partial charge in [-0.05, 0) is 5.56 Å². The lowest BCUT2D eigenvalue weighted by molar-refractivity contribution is -0.146. The summed E-state index contributed by atoms with van der Waals surface area (Å²) in [6, 6.07) is 9.27. The molecule has 0 aliphatic carbocycles. The molecule has 1 fully saturated rings. The van der Waals surface area contributed by atoms with Crippen molar-refractivity contribution in [1.82, 2.24) is 5.01 Å². The average Bonchev–Trinajstić information content (AvgIpc) is 2.16. The summed E-state index contributed by atoms with van der Waals surface area (Å²) in [7, 11) is 0. The molecule has 4 nitrogen and oxygen atoms in total. The maximum absolute atomic E-state index is 10.9. The van der Waals surface area contributed by atoms with Gasteiger partial charge in [0.05, 0.1) is 17.7 Å². The highest BCUT2D eigenvalue weighted by molar-refractivity contribution is 5.83. The summed E-state index contributed by atoms with van der Waals surface area (Å²) >= 11 is 0. The second-order valence-electron chi connectivity index (χ2n) is 2.95. The smallest absolute Gasteiger partial charge is 0.248 e. The molecule has 0 N–H and O–H groups in total. The summed E-state index contributed by atoms with van der Waals surface area (Å²) in [6.45, 7) is 0. The molecular formula is C9H8N2O2. The van der Waals surface area contributed by atoms with Crippen LogP contribution in [0.4, 0.5) is 0 Å². The monoisotopic (exact) mass is 176 g/mol. The van der Waals surface area contributed by atoms with E-state index in [1.54, 1.807) is 0 Å². The first-order valence-electron chi connectivity index (χ1n) is 4.03. The Morgan fingerprint density at radius 2 is 2.00 bits per heavy atom. The predicted molar refractivity (Wildman–Crippen MR) is 46.4 cm³/mol. The molecule has 1 atom stereocenters. The van der Waals surface area contributed by atoms with Crippen molar-refractivity contribution < 1.29 is 4.79 Å². The topological polar surface area (TPSA) is 49.7 Å². The number of nitrogens with zero attached hydrogens (tertiary/aromatic N) is 2. The summed E-state index contributed by atoms with van der Waals surface area (Å²) < 4.78 is 0. The molecule has 1 saturated heterocycles. The normalized spacial score (nSPS) is 21.1. The van der Waals surface area contributed by atoms with Crippen LogP contribution in [0.1, 0.15) is 18.0 Å². The van der Waals surface area contributed by atoms with Crippen LogP contribution in [0.3, 0.4) is 0 Å². The molecule has 0 spiro atoms. The van der Waals surface area contributed by atoms with Crippen LogP contribution in [0.15, 0.2) is 35.6 Å². The van der Waals surface area contributed by atoms with Crippen LogP contribution in [0, 0.1) is 4.91 Å². The van der Waals surface area contributed by atoms with Gasteiger partial charge in [-0.15, -0.1) is 4.91 Å². The highest BCUT2D eigenvalue weighted by Gasteiger charge is 2.38. The van der Waals surface area contributed by atoms with Crippen LogP contribution in [0.2, 0.25) is 0 Å². The van der Waals surface area contributed by atoms with Crippen LogP contribution < -0.4 is 0 Å². The molecule has 1 aliphatic heterocycles. The molecule has 1 amide bonds. The Morgan fingerprint density at radius 1 is 1.31 bits per heavy atom. The van der Waals surface area contributed by atoms with Crippen molar-refractivity contribution in [2.45, 2.75) is 12.5 Å². The number of nitroso groups, excluding NO2 is 1. The van der Waals surface area contributed by atoms with Crippen LogP contribution in [-0.4, -0.2) is 10.9 Å². The standard InChI is InChI=1S/C9H8N2O2/c12-9-6-8(11(9)10-13)7-4-2-1-3-5-7/h1-5,8H,6H2. The Morgan fingerprint density at radius 3 is 2.54 bits per heavy atom. The number of β-lactam (4-membered cyclic amide) rings is 1. The maximum Gasteiger partial charge on any atom is 0.248 e. The molecule has 4 heteroatoms. The van der Waals surface area contributed by atoms with Gasteiger partial charge in [-0.1, -0.05) is 30.3 Å². The zero-order chi connectivity index (χ0) is 9.26. The fourth-order valence-corrected chi connectivity index (χ4v) is 1.44. The Hall–Kier alpha value is -1.71. The number of rotatable bonds is 2. The summed E-state index contributed by atoms with van der Waals surface area (Å²) in [5, 5.41) is 3.65. The van der Waals surface area contributed by atoms with E-state index in [0.29, 0.717) is 6.42 Å². The van der Waals surface area contributed by atoms with Crippen LogP contribution in [-0.2, 0) is 4.79 Å². The lowest BCUT2D eigenvalue weighted by atomic mass is 9.96. The van der Waals surface area contributed by atoms with Crippen molar-refractivity contribution in [2.24, 2.45) is 5.29 Å². The second-order valence-corrected chi connectivity index (χ2v) is 2.95. The fraction of sp³-hybridized carbons (Fsp3) is 0.222. The molecule has 0 aromatic heterocycles. The van der Waals surface area contributed by atoms with E-state index in [2.05, 4.69) is 5.29 Å². The van der Waals surface area contributed by atoms with Crippen molar-refractivity contribution in [3.8, 4) is 0 Å². The average molecular weight is 176 g/mol. The molecule has 0 bridgehead atoms. The molecule has 1 aromatic rings. The molecule has 0 saturated carbocycles. The van der Waals surface area contributed by atoms with E-state index in [-0.39, 0.29) is 11.9 Å². The van der Waals surface area contributed by atoms with Gasteiger partial charge in [0, 0.05) is 0 Å². The van der Waals surface area contributed by atoms with E-state index < -0.39 is 0 Å². The predicted octanol–water partition coefficient (Wildman–Crippen LogP) is 1.64. The van der Waals surface area contributed by atoms with Gasteiger partial charge in [-0.25, -0.2) is 0 Å². The van der Waals surface area contributed by atoms with E-state index >= 15 is 0 Å². The van der Waals surface area contributed by atoms with Crippen molar-refractivity contribution in [3.05, 3.63) is 40.8 Å². The van der Waals surface area contributed by atoms with Gasteiger partial charge >= 0.3 is 0 Å². The third kappa shape index (κ3) is 1.20. The molecular weight excluding hydrogens is 168 g/mol. The summed E-state index contributed by atoms with van der Waals surface area (Å²) in [5.74, 6) is -0.205. The number of carbonyl (C=O) groups excluding carboxylic acids is 1. The van der Waals surface area contributed by atoms with E-state index in [1.165, 1.54) is 0 Å². The van der Waals surface area contributed by atoms with Crippen LogP contribution >= 0.6 is 0 Å².